The zero-order chi connectivity index (χ0) is 10.7. The molecule has 14 heavy (non-hydrogen) atoms. The smallest absolute Gasteiger partial charge is 0.0684 e. The first-order chi connectivity index (χ1) is 6.47. The maximum atomic E-state index is 8.86. The summed E-state index contributed by atoms with van der Waals surface area (Å²) in [5.74, 6) is 0. The standard InChI is InChI=1S/C11H21N3/c1-10(2,8-12)4-7-14-11(3)5-6-13-9-11/h13-14H,4-7,9H2,1-3H3. The molecule has 1 aliphatic heterocycles. The summed E-state index contributed by atoms with van der Waals surface area (Å²) in [6.45, 7) is 9.30. The highest BCUT2D eigenvalue weighted by molar-refractivity contribution is 4.95. The largest absolute Gasteiger partial charge is 0.315 e. The SMILES string of the molecule is CC(C)(C#N)CCNC1(C)CCNC1. The summed E-state index contributed by atoms with van der Waals surface area (Å²) in [5, 5.41) is 15.7. The quantitative estimate of drug-likeness (QED) is 0.710. The van der Waals surface area contributed by atoms with Crippen LogP contribution in [-0.2, 0) is 0 Å². The lowest BCUT2D eigenvalue weighted by atomic mass is 9.91. The highest BCUT2D eigenvalue weighted by Crippen LogP contribution is 2.19. The molecule has 3 nitrogen and oxygen atoms in total. The molecule has 0 saturated carbocycles. The Morgan fingerprint density at radius 2 is 2.29 bits per heavy atom. The van der Waals surface area contributed by atoms with E-state index >= 15 is 0 Å². The van der Waals surface area contributed by atoms with Crippen molar-refractivity contribution >= 4 is 0 Å². The van der Waals surface area contributed by atoms with Gasteiger partial charge >= 0.3 is 0 Å². The van der Waals surface area contributed by atoms with E-state index in [1.54, 1.807) is 0 Å². The lowest BCUT2D eigenvalue weighted by molar-refractivity contribution is 0.347. The summed E-state index contributed by atoms with van der Waals surface area (Å²) in [6, 6.07) is 2.32. The topological polar surface area (TPSA) is 47.9 Å². The molecule has 3 heteroatoms. The van der Waals surface area contributed by atoms with Crippen LogP contribution in [-0.4, -0.2) is 25.2 Å². The maximum absolute atomic E-state index is 8.86. The van der Waals surface area contributed by atoms with Gasteiger partial charge < -0.3 is 10.6 Å². The minimum atomic E-state index is -0.199. The third-order valence-corrected chi connectivity index (χ3v) is 2.97. The van der Waals surface area contributed by atoms with Crippen LogP contribution >= 0.6 is 0 Å². The highest BCUT2D eigenvalue weighted by Gasteiger charge is 2.28. The first-order valence-corrected chi connectivity index (χ1v) is 5.34. The Kier molecular flexibility index (Phi) is 3.52. The second-order valence-electron chi connectivity index (χ2n) is 5.16. The van der Waals surface area contributed by atoms with E-state index in [0.29, 0.717) is 0 Å². The lowest BCUT2D eigenvalue weighted by Crippen LogP contribution is -2.45. The van der Waals surface area contributed by atoms with Crippen molar-refractivity contribution in [2.24, 2.45) is 5.41 Å². The number of rotatable bonds is 4. The molecule has 1 saturated heterocycles. The summed E-state index contributed by atoms with van der Waals surface area (Å²) in [7, 11) is 0. The van der Waals surface area contributed by atoms with Gasteiger partial charge in [-0.2, -0.15) is 5.26 Å². The summed E-state index contributed by atoms with van der Waals surface area (Å²) in [4.78, 5) is 0. The van der Waals surface area contributed by atoms with Crippen LogP contribution in [0.15, 0.2) is 0 Å². The van der Waals surface area contributed by atoms with E-state index in [-0.39, 0.29) is 11.0 Å². The first-order valence-electron chi connectivity index (χ1n) is 5.34. The zero-order valence-electron chi connectivity index (χ0n) is 9.48. The molecule has 1 rings (SSSR count). The van der Waals surface area contributed by atoms with Crippen LogP contribution in [0.4, 0.5) is 0 Å². The molecule has 80 valence electrons. The molecule has 0 amide bonds. The molecule has 0 aromatic carbocycles. The van der Waals surface area contributed by atoms with Crippen molar-refractivity contribution in [3.05, 3.63) is 0 Å². The van der Waals surface area contributed by atoms with Gasteiger partial charge in [-0.3, -0.25) is 0 Å². The first kappa shape index (κ1) is 11.5. The summed E-state index contributed by atoms with van der Waals surface area (Å²) in [5.41, 5.74) is 0.0426. The molecule has 0 spiro atoms. The van der Waals surface area contributed by atoms with Crippen molar-refractivity contribution in [2.75, 3.05) is 19.6 Å². The van der Waals surface area contributed by atoms with Gasteiger partial charge in [-0.15, -0.1) is 0 Å². The van der Waals surface area contributed by atoms with Crippen molar-refractivity contribution < 1.29 is 0 Å². The van der Waals surface area contributed by atoms with E-state index in [1.807, 2.05) is 13.8 Å². The Labute approximate surface area is 86.9 Å². The average Bonchev–Trinajstić information content (AvgIpc) is 2.52. The summed E-state index contributed by atoms with van der Waals surface area (Å²) < 4.78 is 0. The monoisotopic (exact) mass is 195 g/mol. The van der Waals surface area contributed by atoms with Gasteiger partial charge in [0.1, 0.15) is 0 Å². The van der Waals surface area contributed by atoms with Crippen LogP contribution in [0.3, 0.4) is 0 Å². The molecular formula is C11H21N3. The second kappa shape index (κ2) is 4.29. The Bertz CT molecular complexity index is 221. The van der Waals surface area contributed by atoms with Crippen LogP contribution in [0.1, 0.15) is 33.6 Å². The van der Waals surface area contributed by atoms with Crippen LogP contribution in [0.5, 0.6) is 0 Å². The van der Waals surface area contributed by atoms with Gasteiger partial charge in [0.05, 0.1) is 11.5 Å². The molecule has 1 aliphatic rings. The van der Waals surface area contributed by atoms with Gasteiger partial charge in [0, 0.05) is 12.1 Å². The van der Waals surface area contributed by atoms with Gasteiger partial charge in [0.2, 0.25) is 0 Å². The Hall–Kier alpha value is -0.590. The highest BCUT2D eigenvalue weighted by atomic mass is 15.1. The predicted octanol–water partition coefficient (Wildman–Crippen LogP) is 1.27. The average molecular weight is 195 g/mol. The van der Waals surface area contributed by atoms with Crippen LogP contribution in [0.25, 0.3) is 0 Å². The van der Waals surface area contributed by atoms with Crippen molar-refractivity contribution in [3.63, 3.8) is 0 Å². The molecule has 0 aromatic heterocycles. The van der Waals surface area contributed by atoms with Crippen LogP contribution in [0.2, 0.25) is 0 Å². The molecule has 0 aromatic rings. The number of hydrogen-bond donors (Lipinski definition) is 2. The van der Waals surface area contributed by atoms with E-state index in [2.05, 4.69) is 23.6 Å². The summed E-state index contributed by atoms with van der Waals surface area (Å²) in [6.07, 6.45) is 2.10. The van der Waals surface area contributed by atoms with E-state index in [9.17, 15) is 0 Å². The molecule has 0 radical (unpaired) electrons. The minimum Gasteiger partial charge on any atom is -0.315 e. The zero-order valence-corrected chi connectivity index (χ0v) is 9.48. The minimum absolute atomic E-state index is 0.199. The van der Waals surface area contributed by atoms with E-state index in [1.165, 1.54) is 6.42 Å². The van der Waals surface area contributed by atoms with Crippen LogP contribution in [0, 0.1) is 16.7 Å². The fourth-order valence-corrected chi connectivity index (χ4v) is 1.70. The van der Waals surface area contributed by atoms with Crippen LogP contribution < -0.4 is 10.6 Å². The molecule has 2 N–H and O–H groups in total. The molecule has 1 atom stereocenters. The lowest BCUT2D eigenvalue weighted by Gasteiger charge is -2.26. The van der Waals surface area contributed by atoms with Gasteiger partial charge in [-0.05, 0) is 46.7 Å². The fraction of sp³-hybridized carbons (Fsp3) is 0.909. The molecule has 0 bridgehead atoms. The van der Waals surface area contributed by atoms with Gasteiger partial charge in [-0.25, -0.2) is 0 Å². The maximum Gasteiger partial charge on any atom is 0.0684 e. The van der Waals surface area contributed by atoms with Gasteiger partial charge in [-0.1, -0.05) is 0 Å². The van der Waals surface area contributed by atoms with Crippen molar-refractivity contribution in [3.8, 4) is 6.07 Å². The van der Waals surface area contributed by atoms with Crippen molar-refractivity contribution in [1.29, 1.82) is 5.26 Å². The van der Waals surface area contributed by atoms with Crippen molar-refractivity contribution in [2.45, 2.75) is 39.2 Å². The molecule has 1 unspecified atom stereocenters. The van der Waals surface area contributed by atoms with E-state index in [4.69, 9.17) is 5.26 Å². The number of nitriles is 1. The fourth-order valence-electron chi connectivity index (χ4n) is 1.70. The second-order valence-corrected chi connectivity index (χ2v) is 5.16. The summed E-state index contributed by atoms with van der Waals surface area (Å²) >= 11 is 0. The third kappa shape index (κ3) is 3.28. The van der Waals surface area contributed by atoms with E-state index in [0.717, 1.165) is 26.1 Å². The number of hydrogen-bond acceptors (Lipinski definition) is 3. The number of nitrogens with one attached hydrogen (secondary N) is 2. The van der Waals surface area contributed by atoms with Gasteiger partial charge in [0.25, 0.3) is 0 Å². The predicted molar refractivity (Wildman–Crippen MR) is 57.9 cm³/mol. The molecular weight excluding hydrogens is 174 g/mol. The molecule has 0 aliphatic carbocycles. The van der Waals surface area contributed by atoms with Crippen molar-refractivity contribution in [1.82, 2.24) is 10.6 Å². The molecule has 1 heterocycles. The van der Waals surface area contributed by atoms with Gasteiger partial charge in [0.15, 0.2) is 0 Å². The number of nitrogens with zero attached hydrogens (tertiary/aromatic N) is 1. The Balaban J connectivity index is 2.25. The molecule has 1 fully saturated rings. The normalized spacial score (nSPS) is 27.6. The Morgan fingerprint density at radius 1 is 1.57 bits per heavy atom. The third-order valence-electron chi connectivity index (χ3n) is 2.97. The van der Waals surface area contributed by atoms with E-state index < -0.39 is 0 Å². The Morgan fingerprint density at radius 3 is 2.79 bits per heavy atom.